The van der Waals surface area contributed by atoms with Gasteiger partial charge >= 0.3 is 6.09 Å². The lowest BCUT2D eigenvalue weighted by Crippen LogP contribution is -2.59. The average molecular weight is 871 g/mol. The Kier molecular flexibility index (Phi) is 11.8. The number of aromatic nitrogens is 2. The number of alkyl carbamates (subject to hydrolysis) is 1. The number of amides is 4. The van der Waals surface area contributed by atoms with Gasteiger partial charge in [0.2, 0.25) is 11.8 Å². The lowest BCUT2D eigenvalue weighted by molar-refractivity contribution is -0.141. The van der Waals surface area contributed by atoms with Crippen molar-refractivity contribution in [3.05, 3.63) is 77.8 Å². The van der Waals surface area contributed by atoms with Gasteiger partial charge in [-0.25, -0.2) is 27.9 Å². The number of aryl methyl sites for hydroxylation is 2. The largest absolute Gasteiger partial charge is 0.497 e. The number of carbonyl (C=O) groups excluding carboxylic acids is 4. The Bertz CT molecular complexity index is 2450. The topological polar surface area (TPSA) is 195 Å². The zero-order valence-electron chi connectivity index (χ0n) is 34.3. The van der Waals surface area contributed by atoms with E-state index < -0.39 is 69.4 Å². The van der Waals surface area contributed by atoms with Crippen molar-refractivity contribution in [3.8, 4) is 22.2 Å². The fourth-order valence-electron chi connectivity index (χ4n) is 8.58. The van der Waals surface area contributed by atoms with Gasteiger partial charge in [-0.3, -0.25) is 14.4 Å². The number of rotatable bonds is 14. The van der Waals surface area contributed by atoms with Gasteiger partial charge < -0.3 is 29.7 Å². The molecule has 17 heteroatoms. The number of sulfonamides is 1. The molecule has 322 valence electrons. The van der Waals surface area contributed by atoms with E-state index in [0.29, 0.717) is 28.1 Å². The number of benzene rings is 2. The first-order valence-corrected chi connectivity index (χ1v) is 23.1. The van der Waals surface area contributed by atoms with E-state index in [1.54, 1.807) is 44.4 Å². The molecule has 4 aliphatic rings. The lowest BCUT2D eigenvalue weighted by Gasteiger charge is -2.31. The Morgan fingerprint density at radius 3 is 2.46 bits per heavy atom. The molecular formula is C44H50N6O9S2. The Morgan fingerprint density at radius 1 is 1.00 bits per heavy atom. The smallest absolute Gasteiger partial charge is 0.408 e. The highest BCUT2D eigenvalue weighted by atomic mass is 32.2. The van der Waals surface area contributed by atoms with Crippen LogP contribution in [0.3, 0.4) is 0 Å². The maximum Gasteiger partial charge on any atom is 0.408 e. The minimum atomic E-state index is -4.28. The number of hydrogen-bond acceptors (Lipinski definition) is 12. The molecule has 2 saturated carbocycles. The third-order valence-electron chi connectivity index (χ3n) is 12.0. The molecule has 0 spiro atoms. The molecule has 2 aromatic heterocycles. The van der Waals surface area contributed by atoms with E-state index in [4.69, 9.17) is 24.2 Å². The molecule has 3 heterocycles. The van der Waals surface area contributed by atoms with Crippen LogP contribution in [0.15, 0.2) is 72.1 Å². The summed E-state index contributed by atoms with van der Waals surface area (Å²) >= 11 is 1.60. The number of likely N-dealkylation sites (tertiary alicyclic amines) is 1. The van der Waals surface area contributed by atoms with E-state index in [0.717, 1.165) is 55.6 Å². The summed E-state index contributed by atoms with van der Waals surface area (Å²) in [5.74, 6) is -2.06. The Labute approximate surface area is 358 Å². The van der Waals surface area contributed by atoms with Crippen LogP contribution in [0, 0.1) is 11.8 Å². The van der Waals surface area contributed by atoms with E-state index in [-0.39, 0.29) is 30.4 Å². The Hall–Kier alpha value is -5.55. The highest BCUT2D eigenvalue weighted by Crippen LogP contribution is 2.45. The molecule has 3 aliphatic carbocycles. The first-order chi connectivity index (χ1) is 29.3. The molecule has 4 amide bonds. The number of hydrogen-bond donors (Lipinski definition) is 3. The van der Waals surface area contributed by atoms with Crippen LogP contribution in [0.2, 0.25) is 0 Å². The molecule has 3 fully saturated rings. The van der Waals surface area contributed by atoms with E-state index >= 15 is 0 Å². The second kappa shape index (κ2) is 17.1. The molecule has 0 radical (unpaired) electrons. The van der Waals surface area contributed by atoms with Gasteiger partial charge in [0.15, 0.2) is 0 Å². The van der Waals surface area contributed by atoms with Gasteiger partial charge in [-0.05, 0) is 81.5 Å². The van der Waals surface area contributed by atoms with Crippen LogP contribution < -0.4 is 24.8 Å². The zero-order chi connectivity index (χ0) is 43.1. The average Bonchev–Trinajstić information content (AvgIpc) is 3.80. The molecular weight excluding hydrogens is 821 g/mol. The molecule has 61 heavy (non-hydrogen) atoms. The van der Waals surface area contributed by atoms with Crippen LogP contribution in [0.25, 0.3) is 21.6 Å². The zero-order valence-corrected chi connectivity index (χ0v) is 36.0. The molecule has 4 aromatic rings. The SMILES string of the molecule is C=C[C@@H]1C[C@]1(NC(=O)[C@@H]1C[C@@H](Oc2cc(-c3nc4c(s3)CCC4)nc3cc(OC)ccc23)CN1C(=O)[C@@H](NC(=O)OC1CCCC1)C(C)C)C(=O)NS(=O)(=O)c1ccccc1. The fourth-order valence-corrected chi connectivity index (χ4v) is 10.8. The fraction of sp³-hybridized carbons (Fsp3) is 0.455. The molecule has 15 nitrogen and oxygen atoms in total. The summed E-state index contributed by atoms with van der Waals surface area (Å²) in [7, 11) is -2.71. The van der Waals surface area contributed by atoms with Crippen LogP contribution in [0.5, 0.6) is 11.5 Å². The minimum Gasteiger partial charge on any atom is -0.497 e. The molecule has 0 bridgehead atoms. The Balaban J connectivity index is 1.10. The summed E-state index contributed by atoms with van der Waals surface area (Å²) in [6.45, 7) is 7.34. The number of pyridine rings is 1. The van der Waals surface area contributed by atoms with Gasteiger partial charge in [0.25, 0.3) is 15.9 Å². The number of nitrogens with one attached hydrogen (secondary N) is 3. The normalized spacial score (nSPS) is 22.7. The van der Waals surface area contributed by atoms with Gasteiger partial charge in [-0.2, -0.15) is 0 Å². The molecule has 3 N–H and O–H groups in total. The second-order valence-corrected chi connectivity index (χ2v) is 19.3. The molecule has 0 unspecified atom stereocenters. The van der Waals surface area contributed by atoms with E-state index in [1.807, 2.05) is 18.2 Å². The van der Waals surface area contributed by atoms with Gasteiger partial charge in [0.1, 0.15) is 52.0 Å². The van der Waals surface area contributed by atoms with Gasteiger partial charge in [-0.1, -0.05) is 38.1 Å². The standard InChI is InChI=1S/C44H50N6O9S2/c1-5-26-23-44(26,42(53)49-61(55,56)30-14-7-6-8-15-30)48-39(51)35-21-29(24-50(35)41(52)38(25(2)3)47-43(54)59-27-12-9-10-13-27)58-36-22-34(40-46-32-16-11-17-37(32)60-40)45-33-20-28(57-4)18-19-31(33)36/h5-8,14-15,18-20,22,25-27,29,35,38H,1,9-13,16-17,21,23-24H2,2-4H3,(H,47,54)(H,48,51)(H,49,53)/t26-,29-,35+,38+,44-/m1/s1. The van der Waals surface area contributed by atoms with Gasteiger partial charge in [-0.15, -0.1) is 17.9 Å². The van der Waals surface area contributed by atoms with Crippen molar-refractivity contribution in [1.29, 1.82) is 0 Å². The summed E-state index contributed by atoms with van der Waals surface area (Å²) < 4.78 is 46.5. The van der Waals surface area contributed by atoms with E-state index in [9.17, 15) is 27.6 Å². The summed E-state index contributed by atoms with van der Waals surface area (Å²) in [6.07, 6.45) is 6.26. The number of nitrogens with zero attached hydrogens (tertiary/aromatic N) is 3. The maximum atomic E-state index is 14.7. The summed E-state index contributed by atoms with van der Waals surface area (Å²) in [6, 6.07) is 12.5. The van der Waals surface area contributed by atoms with Gasteiger partial charge in [0, 0.05) is 34.7 Å². The highest BCUT2D eigenvalue weighted by Gasteiger charge is 2.61. The first kappa shape index (κ1) is 42.2. The molecule has 5 atom stereocenters. The highest BCUT2D eigenvalue weighted by molar-refractivity contribution is 7.90. The first-order valence-electron chi connectivity index (χ1n) is 20.8. The van der Waals surface area contributed by atoms with Crippen molar-refractivity contribution >= 4 is 56.1 Å². The van der Waals surface area contributed by atoms with Crippen LogP contribution in [0.1, 0.15) is 69.4 Å². The van der Waals surface area contributed by atoms with Gasteiger partial charge in [0.05, 0.1) is 29.8 Å². The van der Waals surface area contributed by atoms with Crippen LogP contribution >= 0.6 is 11.3 Å². The van der Waals surface area contributed by atoms with Crippen molar-refractivity contribution in [2.45, 2.75) is 106 Å². The van der Waals surface area contributed by atoms with Crippen molar-refractivity contribution in [2.75, 3.05) is 13.7 Å². The molecule has 2 aromatic carbocycles. The van der Waals surface area contributed by atoms with Crippen molar-refractivity contribution in [2.24, 2.45) is 11.8 Å². The maximum absolute atomic E-state index is 14.7. The van der Waals surface area contributed by atoms with Crippen molar-refractivity contribution < 1.29 is 41.8 Å². The third kappa shape index (κ3) is 8.67. The number of carbonyl (C=O) groups is 4. The van der Waals surface area contributed by atoms with Crippen LogP contribution in [-0.4, -0.2) is 90.6 Å². The summed E-state index contributed by atoms with van der Waals surface area (Å²) in [4.78, 5) is 68.6. The third-order valence-corrected chi connectivity index (χ3v) is 14.6. The number of fused-ring (bicyclic) bond motifs is 2. The quantitative estimate of drug-likeness (QED) is 0.136. The summed E-state index contributed by atoms with van der Waals surface area (Å²) in [5, 5.41) is 7.02. The summed E-state index contributed by atoms with van der Waals surface area (Å²) in [5.41, 5.74) is 0.656. The van der Waals surface area contributed by atoms with E-state index in [1.165, 1.54) is 40.1 Å². The van der Waals surface area contributed by atoms with E-state index in [2.05, 4.69) is 21.9 Å². The monoisotopic (exact) mass is 870 g/mol. The predicted molar refractivity (Wildman–Crippen MR) is 227 cm³/mol. The van der Waals surface area contributed by atoms with Crippen molar-refractivity contribution in [3.63, 3.8) is 0 Å². The van der Waals surface area contributed by atoms with Crippen LogP contribution in [0.4, 0.5) is 4.79 Å². The minimum absolute atomic E-state index is 0.00846. The Morgan fingerprint density at radius 2 is 1.77 bits per heavy atom. The van der Waals surface area contributed by atoms with Crippen molar-refractivity contribution in [1.82, 2.24) is 30.2 Å². The lowest BCUT2D eigenvalue weighted by atomic mass is 10.0. The molecule has 1 saturated heterocycles. The molecule has 1 aliphatic heterocycles. The predicted octanol–water partition coefficient (Wildman–Crippen LogP) is 5.46. The number of ether oxygens (including phenoxy) is 3. The second-order valence-electron chi connectivity index (χ2n) is 16.5. The number of thiazole rings is 1. The molecule has 8 rings (SSSR count). The van der Waals surface area contributed by atoms with Crippen LogP contribution in [-0.2, 0) is 42.0 Å². The number of methoxy groups -OCH3 is 1.